The predicted octanol–water partition coefficient (Wildman–Crippen LogP) is 2.45. The van der Waals surface area contributed by atoms with Crippen LogP contribution in [0.2, 0.25) is 0 Å². The van der Waals surface area contributed by atoms with Gasteiger partial charge >= 0.3 is 0 Å². The van der Waals surface area contributed by atoms with Gasteiger partial charge in [0.1, 0.15) is 11.6 Å². The summed E-state index contributed by atoms with van der Waals surface area (Å²) in [6.07, 6.45) is 2.69. The molecule has 94 valence electrons. The second kappa shape index (κ2) is 6.00. The van der Waals surface area contributed by atoms with Gasteiger partial charge in [-0.15, -0.1) is 5.10 Å². The maximum atomic E-state index is 5.12. The van der Waals surface area contributed by atoms with Gasteiger partial charge in [0.25, 0.3) is 0 Å². The van der Waals surface area contributed by atoms with Gasteiger partial charge in [-0.3, -0.25) is 0 Å². The van der Waals surface area contributed by atoms with Crippen molar-refractivity contribution < 1.29 is 4.74 Å². The molecule has 0 spiro atoms. The molecule has 0 aliphatic rings. The molecule has 1 aromatic heterocycles. The van der Waals surface area contributed by atoms with Crippen molar-refractivity contribution in [3.8, 4) is 5.75 Å². The number of rotatable bonds is 5. The normalized spacial score (nSPS) is 10.1. The first-order valence-electron chi connectivity index (χ1n) is 5.94. The van der Waals surface area contributed by atoms with E-state index in [9.17, 15) is 0 Å². The number of aromatic nitrogens is 2. The maximum absolute atomic E-state index is 5.12. The zero-order valence-corrected chi connectivity index (χ0v) is 10.7. The standard InChI is InChI=1S/C14H17N3O/c1-11-9-14(17-16-10-11)15-8-7-12-3-5-13(18-2)6-4-12/h3-6,9-10H,7-8H2,1-2H3,(H,15,17). The number of hydrogen-bond donors (Lipinski definition) is 1. The van der Waals surface area contributed by atoms with Crippen LogP contribution in [-0.4, -0.2) is 23.9 Å². The molecule has 0 saturated heterocycles. The molecule has 2 aromatic rings. The quantitative estimate of drug-likeness (QED) is 0.876. The number of nitrogens with zero attached hydrogens (tertiary/aromatic N) is 2. The van der Waals surface area contributed by atoms with Crippen LogP contribution in [0.25, 0.3) is 0 Å². The fourth-order valence-corrected chi connectivity index (χ4v) is 1.68. The fourth-order valence-electron chi connectivity index (χ4n) is 1.68. The van der Waals surface area contributed by atoms with Gasteiger partial charge in [-0.05, 0) is 42.7 Å². The molecule has 1 aromatic carbocycles. The Balaban J connectivity index is 1.84. The molecule has 0 saturated carbocycles. The molecular formula is C14H17N3O. The molecule has 2 rings (SSSR count). The van der Waals surface area contributed by atoms with Crippen LogP contribution in [0, 0.1) is 6.92 Å². The lowest BCUT2D eigenvalue weighted by atomic mass is 10.1. The number of hydrogen-bond acceptors (Lipinski definition) is 4. The van der Waals surface area contributed by atoms with Gasteiger partial charge in [-0.1, -0.05) is 12.1 Å². The lowest BCUT2D eigenvalue weighted by Gasteiger charge is -2.06. The van der Waals surface area contributed by atoms with E-state index in [1.165, 1.54) is 5.56 Å². The highest BCUT2D eigenvalue weighted by Crippen LogP contribution is 2.12. The molecule has 4 nitrogen and oxygen atoms in total. The van der Waals surface area contributed by atoms with Crippen LogP contribution in [0.15, 0.2) is 36.5 Å². The highest BCUT2D eigenvalue weighted by atomic mass is 16.5. The SMILES string of the molecule is COc1ccc(CCNc2cc(C)cnn2)cc1. The number of anilines is 1. The van der Waals surface area contributed by atoms with Gasteiger partial charge in [0, 0.05) is 6.54 Å². The van der Waals surface area contributed by atoms with Gasteiger partial charge in [0.15, 0.2) is 0 Å². The second-order valence-corrected chi connectivity index (χ2v) is 4.14. The Hall–Kier alpha value is -2.10. The van der Waals surface area contributed by atoms with Crippen LogP contribution < -0.4 is 10.1 Å². The molecule has 0 fully saturated rings. The molecule has 0 radical (unpaired) electrons. The summed E-state index contributed by atoms with van der Waals surface area (Å²) in [5, 5.41) is 11.2. The van der Waals surface area contributed by atoms with Crippen molar-refractivity contribution in [2.75, 3.05) is 19.0 Å². The number of benzene rings is 1. The first-order chi connectivity index (χ1) is 8.78. The monoisotopic (exact) mass is 243 g/mol. The summed E-state index contributed by atoms with van der Waals surface area (Å²) < 4.78 is 5.12. The minimum Gasteiger partial charge on any atom is -0.497 e. The van der Waals surface area contributed by atoms with Crippen molar-refractivity contribution >= 4 is 5.82 Å². The number of methoxy groups -OCH3 is 1. The average molecular weight is 243 g/mol. The highest BCUT2D eigenvalue weighted by Gasteiger charge is 1.97. The molecule has 0 unspecified atom stereocenters. The van der Waals surface area contributed by atoms with Crippen molar-refractivity contribution in [3.05, 3.63) is 47.7 Å². The molecule has 4 heteroatoms. The second-order valence-electron chi connectivity index (χ2n) is 4.14. The Kier molecular flexibility index (Phi) is 4.12. The van der Waals surface area contributed by atoms with Gasteiger partial charge in [-0.2, -0.15) is 5.10 Å². The Morgan fingerprint density at radius 1 is 1.22 bits per heavy atom. The minimum atomic E-state index is 0.823. The zero-order chi connectivity index (χ0) is 12.8. The summed E-state index contributed by atoms with van der Waals surface area (Å²) >= 11 is 0. The molecule has 0 aliphatic carbocycles. The summed E-state index contributed by atoms with van der Waals surface area (Å²) in [4.78, 5) is 0. The predicted molar refractivity (Wildman–Crippen MR) is 72.0 cm³/mol. The van der Waals surface area contributed by atoms with E-state index in [1.54, 1.807) is 13.3 Å². The molecule has 18 heavy (non-hydrogen) atoms. The van der Waals surface area contributed by atoms with E-state index in [1.807, 2.05) is 25.1 Å². The smallest absolute Gasteiger partial charge is 0.148 e. The molecule has 0 amide bonds. The van der Waals surface area contributed by atoms with Crippen molar-refractivity contribution in [3.63, 3.8) is 0 Å². The Morgan fingerprint density at radius 2 is 2.00 bits per heavy atom. The van der Waals surface area contributed by atoms with E-state index in [0.717, 1.165) is 30.1 Å². The van der Waals surface area contributed by atoms with Crippen molar-refractivity contribution in [1.29, 1.82) is 0 Å². The molecule has 0 bridgehead atoms. The summed E-state index contributed by atoms with van der Waals surface area (Å²) in [5.74, 6) is 1.71. The molecule has 0 aliphatic heterocycles. The third-order valence-corrected chi connectivity index (χ3v) is 2.67. The number of aryl methyl sites for hydroxylation is 1. The van der Waals surface area contributed by atoms with E-state index in [4.69, 9.17) is 4.74 Å². The topological polar surface area (TPSA) is 47.0 Å². The van der Waals surface area contributed by atoms with E-state index < -0.39 is 0 Å². The van der Waals surface area contributed by atoms with E-state index in [-0.39, 0.29) is 0 Å². The number of ether oxygens (including phenoxy) is 1. The molecule has 1 N–H and O–H groups in total. The zero-order valence-electron chi connectivity index (χ0n) is 10.7. The van der Waals surface area contributed by atoms with E-state index >= 15 is 0 Å². The average Bonchev–Trinajstić information content (AvgIpc) is 2.40. The van der Waals surface area contributed by atoms with Crippen LogP contribution in [0.4, 0.5) is 5.82 Å². The van der Waals surface area contributed by atoms with Crippen LogP contribution in [0.5, 0.6) is 5.75 Å². The van der Waals surface area contributed by atoms with E-state index in [0.29, 0.717) is 0 Å². The molecule has 1 heterocycles. The first-order valence-corrected chi connectivity index (χ1v) is 5.94. The lowest BCUT2D eigenvalue weighted by molar-refractivity contribution is 0.414. The first kappa shape index (κ1) is 12.4. The Bertz CT molecular complexity index is 497. The summed E-state index contributed by atoms with van der Waals surface area (Å²) in [6.45, 7) is 2.84. The third kappa shape index (κ3) is 3.45. The Morgan fingerprint density at radius 3 is 2.67 bits per heavy atom. The number of nitrogens with one attached hydrogen (secondary N) is 1. The lowest BCUT2D eigenvalue weighted by Crippen LogP contribution is -2.07. The van der Waals surface area contributed by atoms with Crippen LogP contribution in [0.1, 0.15) is 11.1 Å². The summed E-state index contributed by atoms with van der Waals surface area (Å²) in [7, 11) is 1.67. The summed E-state index contributed by atoms with van der Waals surface area (Å²) in [5.41, 5.74) is 2.38. The van der Waals surface area contributed by atoms with Crippen molar-refractivity contribution in [2.45, 2.75) is 13.3 Å². The minimum absolute atomic E-state index is 0.823. The van der Waals surface area contributed by atoms with Gasteiger partial charge in [0.2, 0.25) is 0 Å². The van der Waals surface area contributed by atoms with Gasteiger partial charge < -0.3 is 10.1 Å². The van der Waals surface area contributed by atoms with Crippen molar-refractivity contribution in [1.82, 2.24) is 10.2 Å². The van der Waals surface area contributed by atoms with Crippen molar-refractivity contribution in [2.24, 2.45) is 0 Å². The fraction of sp³-hybridized carbons (Fsp3) is 0.286. The molecule has 0 atom stereocenters. The summed E-state index contributed by atoms with van der Waals surface area (Å²) in [6, 6.07) is 10.1. The maximum Gasteiger partial charge on any atom is 0.148 e. The highest BCUT2D eigenvalue weighted by molar-refractivity contribution is 5.35. The van der Waals surface area contributed by atoms with Crippen LogP contribution in [0.3, 0.4) is 0 Å². The molecular weight excluding hydrogens is 226 g/mol. The van der Waals surface area contributed by atoms with Gasteiger partial charge in [-0.25, -0.2) is 0 Å². The third-order valence-electron chi connectivity index (χ3n) is 2.67. The largest absolute Gasteiger partial charge is 0.497 e. The van der Waals surface area contributed by atoms with E-state index in [2.05, 4.69) is 27.6 Å². The van der Waals surface area contributed by atoms with Crippen LogP contribution >= 0.6 is 0 Å². The Labute approximate surface area is 107 Å². The van der Waals surface area contributed by atoms with Crippen LogP contribution in [-0.2, 0) is 6.42 Å². The van der Waals surface area contributed by atoms with Gasteiger partial charge in [0.05, 0.1) is 13.3 Å².